The summed E-state index contributed by atoms with van der Waals surface area (Å²) in [4.78, 5) is 40.2. The molecule has 6 rings (SSSR count). The largest absolute Gasteiger partial charge is 0.481 e. The third-order valence-electron chi connectivity index (χ3n) is 9.65. The standard InChI is InChI=1S/C24H32O8/c1-10-12-7-8-13-22-9-31-24(32-21(5,6)30,23(13,11(12)2)16(10)25)18(27)15(22)20(3,4)14(17(22)26)19(28)29/h11-15,18,27,30H,1,7-9H2,2-6H3,(H,28,29)/t11-,12+,13+,14?,15-,18+,22+,23+,24+/m1/s1. The SMILES string of the molecule is C=C1C(=O)[C@]23[C@H](C)[C@H]1CC[C@H]2[C@@]12CO[C@]3(OC(C)(C)O)[C@@H](O)[C@@H]1C(C)(C)C(C(=O)O)C2=O. The number of carboxylic acid groups (broad SMARTS) is 1. The van der Waals surface area contributed by atoms with E-state index < -0.39 is 63.4 Å². The van der Waals surface area contributed by atoms with Crippen LogP contribution in [0.2, 0.25) is 0 Å². The van der Waals surface area contributed by atoms with E-state index in [0.29, 0.717) is 18.4 Å². The molecule has 2 heterocycles. The lowest BCUT2D eigenvalue weighted by Crippen LogP contribution is -2.83. The Hall–Kier alpha value is -1.61. The molecule has 0 radical (unpaired) electrons. The van der Waals surface area contributed by atoms with Crippen molar-refractivity contribution in [3.8, 4) is 0 Å². The summed E-state index contributed by atoms with van der Waals surface area (Å²) >= 11 is 0. The number of ketones is 2. The van der Waals surface area contributed by atoms with Crippen LogP contribution < -0.4 is 0 Å². The van der Waals surface area contributed by atoms with Gasteiger partial charge in [0, 0.05) is 5.92 Å². The fourth-order valence-electron chi connectivity index (χ4n) is 8.93. The molecule has 3 N–H and O–H groups in total. The van der Waals surface area contributed by atoms with E-state index in [1.165, 1.54) is 13.8 Å². The maximum Gasteiger partial charge on any atom is 0.314 e. The topological polar surface area (TPSA) is 130 Å². The molecule has 6 aliphatic rings. The van der Waals surface area contributed by atoms with E-state index in [1.54, 1.807) is 13.8 Å². The highest BCUT2D eigenvalue weighted by molar-refractivity contribution is 6.09. The molecule has 4 saturated carbocycles. The van der Waals surface area contributed by atoms with Crippen LogP contribution in [0.5, 0.6) is 0 Å². The van der Waals surface area contributed by atoms with Gasteiger partial charge in [-0.25, -0.2) is 0 Å². The van der Waals surface area contributed by atoms with Crippen LogP contribution in [0.25, 0.3) is 0 Å². The summed E-state index contributed by atoms with van der Waals surface area (Å²) in [6.45, 7) is 12.0. The molecule has 176 valence electrons. The second-order valence-electron chi connectivity index (χ2n) is 11.7. The van der Waals surface area contributed by atoms with Crippen molar-refractivity contribution in [1.82, 2.24) is 0 Å². The van der Waals surface area contributed by atoms with Crippen molar-refractivity contribution in [2.75, 3.05) is 6.61 Å². The lowest BCUT2D eigenvalue weighted by atomic mass is 9.39. The van der Waals surface area contributed by atoms with Gasteiger partial charge in [0.25, 0.3) is 0 Å². The molecular weight excluding hydrogens is 416 g/mol. The van der Waals surface area contributed by atoms with Crippen molar-refractivity contribution < 1.29 is 39.2 Å². The van der Waals surface area contributed by atoms with Crippen molar-refractivity contribution in [1.29, 1.82) is 0 Å². The number of ether oxygens (including phenoxy) is 2. The summed E-state index contributed by atoms with van der Waals surface area (Å²) in [5, 5.41) is 32.6. The summed E-state index contributed by atoms with van der Waals surface area (Å²) in [5.74, 6) is -8.91. The van der Waals surface area contributed by atoms with Gasteiger partial charge in [-0.15, -0.1) is 0 Å². The smallest absolute Gasteiger partial charge is 0.314 e. The number of carbonyl (C=O) groups excluding carboxylic acids is 2. The predicted molar refractivity (Wildman–Crippen MR) is 110 cm³/mol. The Morgan fingerprint density at radius 2 is 1.88 bits per heavy atom. The highest BCUT2D eigenvalue weighted by atomic mass is 16.8. The number of Topliss-reactive ketones (excluding diaryl/α,β-unsaturated/α-hetero) is 2. The number of fused-ring (bicyclic) bond motifs is 2. The Balaban J connectivity index is 1.85. The number of allylic oxidation sites excluding steroid dienone is 1. The molecule has 1 unspecified atom stereocenters. The molecule has 0 aromatic heterocycles. The Kier molecular flexibility index (Phi) is 4.09. The van der Waals surface area contributed by atoms with Crippen LogP contribution in [0, 0.1) is 45.8 Å². The van der Waals surface area contributed by atoms with Gasteiger partial charge in [-0.05, 0) is 55.4 Å². The number of rotatable bonds is 3. The molecule has 0 amide bonds. The molecule has 2 aliphatic heterocycles. The summed E-state index contributed by atoms with van der Waals surface area (Å²) in [6.07, 6.45) is -0.345. The van der Waals surface area contributed by atoms with Gasteiger partial charge in [-0.3, -0.25) is 14.4 Å². The zero-order valence-corrected chi connectivity index (χ0v) is 19.2. The van der Waals surface area contributed by atoms with E-state index in [4.69, 9.17) is 9.47 Å². The molecule has 8 heteroatoms. The van der Waals surface area contributed by atoms with Crippen molar-refractivity contribution in [3.63, 3.8) is 0 Å². The normalized spacial score (nSPS) is 51.0. The first kappa shape index (κ1) is 22.2. The van der Waals surface area contributed by atoms with Gasteiger partial charge < -0.3 is 24.8 Å². The first-order valence-electron chi connectivity index (χ1n) is 11.4. The lowest BCUT2D eigenvalue weighted by molar-refractivity contribution is -0.472. The van der Waals surface area contributed by atoms with Gasteiger partial charge in [0.2, 0.25) is 5.79 Å². The second-order valence-corrected chi connectivity index (χ2v) is 11.7. The fraction of sp³-hybridized carbons (Fsp3) is 0.792. The van der Waals surface area contributed by atoms with Gasteiger partial charge >= 0.3 is 5.97 Å². The molecule has 8 nitrogen and oxygen atoms in total. The quantitative estimate of drug-likeness (QED) is 0.337. The molecule has 4 bridgehead atoms. The highest BCUT2D eigenvalue weighted by Crippen LogP contribution is 2.79. The summed E-state index contributed by atoms with van der Waals surface area (Å²) in [6, 6.07) is 0. The average Bonchev–Trinajstić information content (AvgIpc) is 2.88. The van der Waals surface area contributed by atoms with E-state index in [9.17, 15) is 29.7 Å². The molecule has 6 fully saturated rings. The first-order chi connectivity index (χ1) is 14.6. The van der Waals surface area contributed by atoms with Crippen LogP contribution in [0.15, 0.2) is 12.2 Å². The van der Waals surface area contributed by atoms with Crippen LogP contribution in [-0.4, -0.2) is 57.1 Å². The Morgan fingerprint density at radius 3 is 2.44 bits per heavy atom. The lowest BCUT2D eigenvalue weighted by Gasteiger charge is -2.71. The van der Waals surface area contributed by atoms with E-state index in [-0.39, 0.29) is 24.2 Å². The number of aliphatic hydroxyl groups is 2. The molecule has 4 aliphatic carbocycles. The van der Waals surface area contributed by atoms with Gasteiger partial charge in [0.15, 0.2) is 17.4 Å². The number of hydrogen-bond acceptors (Lipinski definition) is 7. The van der Waals surface area contributed by atoms with Gasteiger partial charge in [0.05, 0.1) is 17.4 Å². The minimum atomic E-state index is -1.91. The van der Waals surface area contributed by atoms with E-state index in [2.05, 4.69) is 6.58 Å². The Bertz CT molecular complexity index is 962. The molecule has 0 aromatic rings. The number of aliphatic hydroxyl groups excluding tert-OH is 1. The van der Waals surface area contributed by atoms with Crippen LogP contribution in [0.1, 0.15) is 47.5 Å². The van der Waals surface area contributed by atoms with Gasteiger partial charge in [-0.1, -0.05) is 27.4 Å². The Morgan fingerprint density at radius 1 is 1.25 bits per heavy atom. The van der Waals surface area contributed by atoms with E-state index in [1.807, 2.05) is 6.92 Å². The van der Waals surface area contributed by atoms with Crippen LogP contribution in [-0.2, 0) is 23.9 Å². The predicted octanol–water partition coefficient (Wildman–Crippen LogP) is 1.53. The molecule has 2 saturated heterocycles. The zero-order valence-electron chi connectivity index (χ0n) is 19.2. The van der Waals surface area contributed by atoms with Crippen LogP contribution in [0.4, 0.5) is 0 Å². The first-order valence-corrected chi connectivity index (χ1v) is 11.4. The van der Waals surface area contributed by atoms with Crippen LogP contribution >= 0.6 is 0 Å². The molecule has 2 spiro atoms. The summed E-state index contributed by atoms with van der Waals surface area (Å²) < 4.78 is 12.4. The Labute approximate surface area is 187 Å². The molecule has 32 heavy (non-hydrogen) atoms. The third-order valence-corrected chi connectivity index (χ3v) is 9.65. The number of aliphatic carboxylic acids is 1. The molecular formula is C24H32O8. The minimum Gasteiger partial charge on any atom is -0.481 e. The summed E-state index contributed by atoms with van der Waals surface area (Å²) in [5.41, 5.74) is -3.44. The van der Waals surface area contributed by atoms with Crippen molar-refractivity contribution in [2.45, 2.75) is 65.1 Å². The zero-order chi connectivity index (χ0) is 23.8. The second kappa shape index (κ2) is 5.90. The molecule has 0 aromatic carbocycles. The number of hydrogen-bond donors (Lipinski definition) is 3. The fourth-order valence-corrected chi connectivity index (χ4v) is 8.93. The number of carbonyl (C=O) groups is 3. The highest BCUT2D eigenvalue weighted by Gasteiger charge is 2.90. The maximum absolute atomic E-state index is 14.0. The minimum absolute atomic E-state index is 0.147. The van der Waals surface area contributed by atoms with Crippen LogP contribution in [0.3, 0.4) is 0 Å². The monoisotopic (exact) mass is 448 g/mol. The maximum atomic E-state index is 14.0. The van der Waals surface area contributed by atoms with Crippen molar-refractivity contribution in [3.05, 3.63) is 12.2 Å². The molecule has 9 atom stereocenters. The summed E-state index contributed by atoms with van der Waals surface area (Å²) in [7, 11) is 0. The van der Waals surface area contributed by atoms with E-state index >= 15 is 0 Å². The van der Waals surface area contributed by atoms with Crippen molar-refractivity contribution in [2.24, 2.45) is 45.8 Å². The van der Waals surface area contributed by atoms with E-state index in [0.717, 1.165) is 0 Å². The van der Waals surface area contributed by atoms with Gasteiger partial charge in [0.1, 0.15) is 12.0 Å². The average molecular weight is 449 g/mol. The van der Waals surface area contributed by atoms with Crippen molar-refractivity contribution >= 4 is 17.5 Å². The number of carboxylic acids is 1. The third kappa shape index (κ3) is 1.99. The van der Waals surface area contributed by atoms with Gasteiger partial charge in [-0.2, -0.15) is 0 Å².